The first-order valence-corrected chi connectivity index (χ1v) is 6.03. The van der Waals surface area contributed by atoms with E-state index in [2.05, 4.69) is 9.97 Å². The molecule has 0 amide bonds. The van der Waals surface area contributed by atoms with Gasteiger partial charge in [0.05, 0.1) is 12.3 Å². The van der Waals surface area contributed by atoms with Crippen molar-refractivity contribution in [3.63, 3.8) is 0 Å². The Morgan fingerprint density at radius 2 is 2.11 bits per heavy atom. The molecule has 0 aliphatic rings. The van der Waals surface area contributed by atoms with Crippen molar-refractivity contribution < 1.29 is 13.9 Å². The number of rotatable bonds is 6. The third-order valence-corrected chi connectivity index (χ3v) is 2.48. The summed E-state index contributed by atoms with van der Waals surface area (Å²) in [6, 6.07) is 0. The highest BCUT2D eigenvalue weighted by Gasteiger charge is 2.18. The van der Waals surface area contributed by atoms with Gasteiger partial charge in [-0.1, -0.05) is 6.92 Å². The SMILES string of the molecule is CCOC(=O)CN(CC)c1ncnc(CC)c1F. The molecule has 0 atom stereocenters. The summed E-state index contributed by atoms with van der Waals surface area (Å²) < 4.78 is 18.9. The van der Waals surface area contributed by atoms with Crippen LogP contribution in [0.1, 0.15) is 26.5 Å². The Kier molecular flexibility index (Phi) is 5.48. The van der Waals surface area contributed by atoms with E-state index in [0.717, 1.165) is 0 Å². The summed E-state index contributed by atoms with van der Waals surface area (Å²) in [5, 5.41) is 0. The first-order chi connectivity index (χ1) is 8.63. The summed E-state index contributed by atoms with van der Waals surface area (Å²) in [5.41, 5.74) is 0.349. The zero-order chi connectivity index (χ0) is 13.5. The van der Waals surface area contributed by atoms with Crippen LogP contribution in [0.25, 0.3) is 0 Å². The molecule has 1 heterocycles. The van der Waals surface area contributed by atoms with E-state index in [1.54, 1.807) is 6.92 Å². The molecular weight excluding hydrogens is 237 g/mol. The Morgan fingerprint density at radius 3 is 2.67 bits per heavy atom. The fourth-order valence-electron chi connectivity index (χ4n) is 1.56. The van der Waals surface area contributed by atoms with E-state index in [9.17, 15) is 9.18 Å². The van der Waals surface area contributed by atoms with Gasteiger partial charge >= 0.3 is 5.97 Å². The molecule has 0 aromatic carbocycles. The number of nitrogens with zero attached hydrogens (tertiary/aromatic N) is 3. The molecule has 0 fully saturated rings. The third kappa shape index (κ3) is 3.38. The molecule has 0 saturated heterocycles. The highest BCUT2D eigenvalue weighted by molar-refractivity contribution is 5.75. The minimum Gasteiger partial charge on any atom is -0.465 e. The number of anilines is 1. The van der Waals surface area contributed by atoms with Gasteiger partial charge in [-0.05, 0) is 20.3 Å². The first kappa shape index (κ1) is 14.3. The second kappa shape index (κ2) is 6.88. The van der Waals surface area contributed by atoms with E-state index in [1.165, 1.54) is 11.2 Å². The fraction of sp³-hybridized carbons (Fsp3) is 0.583. The van der Waals surface area contributed by atoms with Crippen LogP contribution < -0.4 is 4.90 Å². The maximum absolute atomic E-state index is 14.0. The van der Waals surface area contributed by atoms with Crippen LogP contribution in [-0.4, -0.2) is 35.6 Å². The molecule has 1 rings (SSSR count). The molecule has 0 unspecified atom stereocenters. The fourth-order valence-corrected chi connectivity index (χ4v) is 1.56. The summed E-state index contributed by atoms with van der Waals surface area (Å²) in [5.74, 6) is -0.709. The summed E-state index contributed by atoms with van der Waals surface area (Å²) >= 11 is 0. The van der Waals surface area contributed by atoms with Gasteiger partial charge in [-0.2, -0.15) is 0 Å². The molecule has 6 heteroatoms. The van der Waals surface area contributed by atoms with Crippen LogP contribution in [0.15, 0.2) is 6.33 Å². The van der Waals surface area contributed by atoms with Crippen LogP contribution in [0.2, 0.25) is 0 Å². The Hall–Kier alpha value is -1.72. The topological polar surface area (TPSA) is 55.3 Å². The van der Waals surface area contributed by atoms with Gasteiger partial charge in [0.15, 0.2) is 11.6 Å². The molecule has 0 bridgehead atoms. The Balaban J connectivity index is 2.91. The van der Waals surface area contributed by atoms with Gasteiger partial charge in [-0.3, -0.25) is 4.79 Å². The van der Waals surface area contributed by atoms with Crippen LogP contribution in [0.4, 0.5) is 10.2 Å². The zero-order valence-corrected chi connectivity index (χ0v) is 10.9. The first-order valence-electron chi connectivity index (χ1n) is 6.03. The van der Waals surface area contributed by atoms with Gasteiger partial charge in [-0.15, -0.1) is 0 Å². The Morgan fingerprint density at radius 1 is 1.39 bits per heavy atom. The zero-order valence-electron chi connectivity index (χ0n) is 10.9. The van der Waals surface area contributed by atoms with Crippen molar-refractivity contribution >= 4 is 11.8 Å². The molecule has 100 valence electrons. The summed E-state index contributed by atoms with van der Waals surface area (Å²) in [4.78, 5) is 20.7. The molecule has 0 aliphatic carbocycles. The minimum absolute atomic E-state index is 0.0125. The third-order valence-electron chi connectivity index (χ3n) is 2.48. The van der Waals surface area contributed by atoms with Gasteiger partial charge in [0.2, 0.25) is 0 Å². The second-order valence-electron chi connectivity index (χ2n) is 3.63. The molecule has 0 spiro atoms. The average Bonchev–Trinajstić information content (AvgIpc) is 2.37. The average molecular weight is 255 g/mol. The monoisotopic (exact) mass is 255 g/mol. The summed E-state index contributed by atoms with van der Waals surface area (Å²) in [6.07, 6.45) is 1.80. The van der Waals surface area contributed by atoms with Crippen molar-refractivity contribution in [2.24, 2.45) is 0 Å². The lowest BCUT2D eigenvalue weighted by atomic mass is 10.3. The van der Waals surface area contributed by atoms with Gasteiger partial charge in [0.25, 0.3) is 0 Å². The molecular formula is C12H18FN3O2. The van der Waals surface area contributed by atoms with Crippen molar-refractivity contribution in [1.29, 1.82) is 0 Å². The number of carbonyl (C=O) groups is 1. The van der Waals surface area contributed by atoms with Crippen molar-refractivity contribution in [1.82, 2.24) is 9.97 Å². The minimum atomic E-state index is -0.467. The molecule has 1 aromatic rings. The van der Waals surface area contributed by atoms with E-state index in [1.807, 2.05) is 13.8 Å². The predicted molar refractivity (Wildman–Crippen MR) is 65.9 cm³/mol. The number of hydrogen-bond donors (Lipinski definition) is 0. The number of ether oxygens (including phenoxy) is 1. The molecule has 0 saturated carbocycles. The lowest BCUT2D eigenvalue weighted by Gasteiger charge is -2.21. The van der Waals surface area contributed by atoms with E-state index >= 15 is 0 Å². The van der Waals surface area contributed by atoms with Crippen molar-refractivity contribution in [2.45, 2.75) is 27.2 Å². The lowest BCUT2D eigenvalue weighted by molar-refractivity contribution is -0.141. The largest absolute Gasteiger partial charge is 0.465 e. The van der Waals surface area contributed by atoms with Crippen molar-refractivity contribution in [2.75, 3.05) is 24.6 Å². The molecule has 0 N–H and O–H groups in total. The lowest BCUT2D eigenvalue weighted by Crippen LogP contribution is -2.32. The normalized spacial score (nSPS) is 10.2. The number of esters is 1. The molecule has 5 nitrogen and oxygen atoms in total. The van der Waals surface area contributed by atoms with Crippen LogP contribution in [-0.2, 0) is 16.0 Å². The van der Waals surface area contributed by atoms with E-state index in [-0.39, 0.29) is 12.4 Å². The second-order valence-corrected chi connectivity index (χ2v) is 3.63. The predicted octanol–water partition coefficient (Wildman–Crippen LogP) is 1.57. The maximum atomic E-state index is 14.0. The van der Waals surface area contributed by atoms with E-state index < -0.39 is 11.8 Å². The van der Waals surface area contributed by atoms with Crippen LogP contribution >= 0.6 is 0 Å². The van der Waals surface area contributed by atoms with Gasteiger partial charge in [-0.25, -0.2) is 14.4 Å². The van der Waals surface area contributed by atoms with Gasteiger partial charge in [0.1, 0.15) is 12.9 Å². The van der Waals surface area contributed by atoms with E-state index in [0.29, 0.717) is 25.3 Å². The van der Waals surface area contributed by atoms with Gasteiger partial charge < -0.3 is 9.64 Å². The molecule has 0 radical (unpaired) electrons. The number of aryl methyl sites for hydroxylation is 1. The van der Waals surface area contributed by atoms with E-state index in [4.69, 9.17) is 4.74 Å². The number of carbonyl (C=O) groups excluding carboxylic acids is 1. The number of hydrogen-bond acceptors (Lipinski definition) is 5. The van der Waals surface area contributed by atoms with Crippen molar-refractivity contribution in [3.8, 4) is 0 Å². The Bertz CT molecular complexity index is 412. The van der Waals surface area contributed by atoms with Crippen molar-refractivity contribution in [3.05, 3.63) is 17.8 Å². The highest BCUT2D eigenvalue weighted by atomic mass is 19.1. The quantitative estimate of drug-likeness (QED) is 0.722. The smallest absolute Gasteiger partial charge is 0.325 e. The van der Waals surface area contributed by atoms with Crippen LogP contribution in [0.3, 0.4) is 0 Å². The summed E-state index contributed by atoms with van der Waals surface area (Å²) in [6.45, 7) is 6.14. The highest BCUT2D eigenvalue weighted by Crippen LogP contribution is 2.17. The molecule has 1 aromatic heterocycles. The number of likely N-dealkylation sites (N-methyl/N-ethyl adjacent to an activating group) is 1. The standard InChI is InChI=1S/C12H18FN3O2/c1-4-9-11(13)12(15-8-14-9)16(5-2)7-10(17)18-6-3/h8H,4-7H2,1-3H3. The maximum Gasteiger partial charge on any atom is 0.325 e. The van der Waals surface area contributed by atoms with Crippen LogP contribution in [0, 0.1) is 5.82 Å². The number of aromatic nitrogens is 2. The number of halogens is 1. The summed E-state index contributed by atoms with van der Waals surface area (Å²) in [7, 11) is 0. The molecule has 0 aliphatic heterocycles. The van der Waals surface area contributed by atoms with Gasteiger partial charge in [0, 0.05) is 6.54 Å². The van der Waals surface area contributed by atoms with Crippen LogP contribution in [0.5, 0.6) is 0 Å². The molecule has 18 heavy (non-hydrogen) atoms. The Labute approximate surface area is 106 Å².